The lowest BCUT2D eigenvalue weighted by molar-refractivity contribution is -0.127. The largest absolute Gasteiger partial charge is 0.397 e. The van der Waals surface area contributed by atoms with E-state index in [1.807, 2.05) is 18.0 Å². The summed E-state index contributed by atoms with van der Waals surface area (Å²) in [5, 5.41) is 2.81. The zero-order valence-electron chi connectivity index (χ0n) is 12.1. The van der Waals surface area contributed by atoms with Crippen LogP contribution in [-0.2, 0) is 16.0 Å². The number of carbonyl (C=O) groups is 2. The van der Waals surface area contributed by atoms with Gasteiger partial charge in [-0.25, -0.2) is 0 Å². The first-order chi connectivity index (χ1) is 9.38. The Morgan fingerprint density at radius 3 is 2.65 bits per heavy atom. The molecule has 0 saturated carbocycles. The highest BCUT2D eigenvalue weighted by Crippen LogP contribution is 2.32. The third-order valence-corrected chi connectivity index (χ3v) is 3.43. The summed E-state index contributed by atoms with van der Waals surface area (Å²) in [6.07, 6.45) is 1.18. The summed E-state index contributed by atoms with van der Waals surface area (Å²) in [5.41, 5.74) is 9.22. The van der Waals surface area contributed by atoms with Crippen LogP contribution in [0.3, 0.4) is 0 Å². The van der Waals surface area contributed by atoms with Gasteiger partial charge in [0.05, 0.1) is 17.9 Å². The number of nitrogens with one attached hydrogen (secondary N) is 1. The molecule has 6 nitrogen and oxygen atoms in total. The molecular formula is C14H20N4O2. The molecule has 0 bridgehead atoms. The summed E-state index contributed by atoms with van der Waals surface area (Å²) >= 11 is 0. The van der Waals surface area contributed by atoms with Gasteiger partial charge >= 0.3 is 0 Å². The van der Waals surface area contributed by atoms with Gasteiger partial charge in [0, 0.05) is 33.3 Å². The quantitative estimate of drug-likeness (QED) is 0.796. The van der Waals surface area contributed by atoms with E-state index in [2.05, 4.69) is 5.32 Å². The van der Waals surface area contributed by atoms with E-state index in [9.17, 15) is 9.59 Å². The van der Waals surface area contributed by atoms with Crippen LogP contribution in [0, 0.1) is 0 Å². The third kappa shape index (κ3) is 2.84. The van der Waals surface area contributed by atoms with Crippen molar-refractivity contribution in [2.24, 2.45) is 0 Å². The third-order valence-electron chi connectivity index (χ3n) is 3.43. The Bertz CT molecular complexity index is 554. The van der Waals surface area contributed by atoms with Gasteiger partial charge < -0.3 is 20.9 Å². The molecule has 0 unspecified atom stereocenters. The number of nitrogens with zero attached hydrogens (tertiary/aromatic N) is 2. The standard InChI is InChI=1S/C14H20N4O2/c1-17(2)14(20)8-18(3)12-6-9-4-5-13(19)16-11(9)7-10(12)15/h6-7H,4-5,8,15H2,1-3H3,(H,16,19). The summed E-state index contributed by atoms with van der Waals surface area (Å²) in [6, 6.07) is 3.71. The van der Waals surface area contributed by atoms with Crippen molar-refractivity contribution in [3.8, 4) is 0 Å². The van der Waals surface area contributed by atoms with Crippen LogP contribution in [0.15, 0.2) is 12.1 Å². The maximum atomic E-state index is 11.8. The molecule has 0 aliphatic carbocycles. The lowest BCUT2D eigenvalue weighted by atomic mass is 10.0. The Kier molecular flexibility index (Phi) is 3.83. The van der Waals surface area contributed by atoms with Gasteiger partial charge in [-0.15, -0.1) is 0 Å². The molecular weight excluding hydrogens is 256 g/mol. The molecule has 0 fully saturated rings. The molecule has 1 aromatic rings. The number of anilines is 3. The Labute approximate surface area is 118 Å². The Morgan fingerprint density at radius 2 is 2.00 bits per heavy atom. The fourth-order valence-electron chi connectivity index (χ4n) is 2.19. The van der Waals surface area contributed by atoms with Crippen molar-refractivity contribution in [3.05, 3.63) is 17.7 Å². The first-order valence-corrected chi connectivity index (χ1v) is 6.52. The topological polar surface area (TPSA) is 78.7 Å². The van der Waals surface area contributed by atoms with Crippen LogP contribution in [0.4, 0.5) is 17.1 Å². The second kappa shape index (κ2) is 5.40. The van der Waals surface area contributed by atoms with E-state index in [0.29, 0.717) is 18.5 Å². The van der Waals surface area contributed by atoms with Crippen LogP contribution in [0.2, 0.25) is 0 Å². The molecule has 6 heteroatoms. The summed E-state index contributed by atoms with van der Waals surface area (Å²) in [4.78, 5) is 26.5. The second-order valence-corrected chi connectivity index (χ2v) is 5.26. The summed E-state index contributed by atoms with van der Waals surface area (Å²) in [7, 11) is 5.28. The highest BCUT2D eigenvalue weighted by atomic mass is 16.2. The number of fused-ring (bicyclic) bond motifs is 1. The molecule has 0 radical (unpaired) electrons. The minimum atomic E-state index is 0.0120. The van der Waals surface area contributed by atoms with Gasteiger partial charge in [-0.3, -0.25) is 9.59 Å². The van der Waals surface area contributed by atoms with Crippen molar-refractivity contribution >= 4 is 28.9 Å². The number of aryl methyl sites for hydroxylation is 1. The number of likely N-dealkylation sites (N-methyl/N-ethyl adjacent to an activating group) is 2. The predicted molar refractivity (Wildman–Crippen MR) is 79.8 cm³/mol. The monoisotopic (exact) mass is 276 g/mol. The number of nitrogen functional groups attached to an aromatic ring is 1. The first-order valence-electron chi connectivity index (χ1n) is 6.52. The molecule has 1 aromatic carbocycles. The molecule has 1 aliphatic heterocycles. The molecule has 20 heavy (non-hydrogen) atoms. The molecule has 0 aromatic heterocycles. The SMILES string of the molecule is CN(C)C(=O)CN(C)c1cc2c(cc1N)NC(=O)CC2. The fourth-order valence-corrected chi connectivity index (χ4v) is 2.19. The molecule has 3 N–H and O–H groups in total. The highest BCUT2D eigenvalue weighted by Gasteiger charge is 2.19. The van der Waals surface area contributed by atoms with Gasteiger partial charge in [-0.05, 0) is 24.1 Å². The van der Waals surface area contributed by atoms with Crippen molar-refractivity contribution in [2.45, 2.75) is 12.8 Å². The van der Waals surface area contributed by atoms with Crippen LogP contribution in [0.1, 0.15) is 12.0 Å². The van der Waals surface area contributed by atoms with E-state index in [1.165, 1.54) is 0 Å². The predicted octanol–water partition coefficient (Wildman–Crippen LogP) is 0.678. The number of benzene rings is 1. The lowest BCUT2D eigenvalue weighted by Crippen LogP contribution is -2.34. The van der Waals surface area contributed by atoms with E-state index >= 15 is 0 Å². The molecule has 108 valence electrons. The average molecular weight is 276 g/mol. The molecule has 1 heterocycles. The van der Waals surface area contributed by atoms with Crippen molar-refractivity contribution < 1.29 is 9.59 Å². The maximum absolute atomic E-state index is 11.8. The summed E-state index contributed by atoms with van der Waals surface area (Å²) in [6.45, 7) is 0.266. The van der Waals surface area contributed by atoms with Crippen molar-refractivity contribution in [1.29, 1.82) is 0 Å². The number of hydrogen-bond acceptors (Lipinski definition) is 4. The van der Waals surface area contributed by atoms with Gasteiger partial charge in [0.25, 0.3) is 0 Å². The van der Waals surface area contributed by atoms with E-state index < -0.39 is 0 Å². The minimum absolute atomic E-state index is 0.0120. The van der Waals surface area contributed by atoms with Crippen molar-refractivity contribution in [1.82, 2.24) is 4.90 Å². The van der Waals surface area contributed by atoms with Crippen LogP contribution in [-0.4, -0.2) is 44.4 Å². The van der Waals surface area contributed by atoms with Gasteiger partial charge in [0.2, 0.25) is 11.8 Å². The van der Waals surface area contributed by atoms with Crippen molar-refractivity contribution in [3.63, 3.8) is 0 Å². The second-order valence-electron chi connectivity index (χ2n) is 5.26. The van der Waals surface area contributed by atoms with Crippen LogP contribution in [0.5, 0.6) is 0 Å². The van der Waals surface area contributed by atoms with E-state index in [-0.39, 0.29) is 18.4 Å². The molecule has 0 atom stereocenters. The smallest absolute Gasteiger partial charge is 0.241 e. The number of rotatable bonds is 3. The molecule has 2 rings (SSSR count). The van der Waals surface area contributed by atoms with Gasteiger partial charge in [-0.1, -0.05) is 0 Å². The molecule has 0 spiro atoms. The van der Waals surface area contributed by atoms with Crippen molar-refractivity contribution in [2.75, 3.05) is 43.6 Å². The Hall–Kier alpha value is -2.24. The number of carbonyl (C=O) groups excluding carboxylic acids is 2. The van der Waals surface area contributed by atoms with Crippen LogP contribution >= 0.6 is 0 Å². The maximum Gasteiger partial charge on any atom is 0.241 e. The average Bonchev–Trinajstić information content (AvgIpc) is 2.37. The van der Waals surface area contributed by atoms with E-state index in [0.717, 1.165) is 16.9 Å². The number of hydrogen-bond donors (Lipinski definition) is 2. The Morgan fingerprint density at radius 1 is 1.30 bits per heavy atom. The number of nitrogens with two attached hydrogens (primary N) is 1. The zero-order valence-corrected chi connectivity index (χ0v) is 12.1. The van der Waals surface area contributed by atoms with Crippen LogP contribution in [0.25, 0.3) is 0 Å². The summed E-state index contributed by atoms with van der Waals surface area (Å²) < 4.78 is 0. The van der Waals surface area contributed by atoms with Gasteiger partial charge in [-0.2, -0.15) is 0 Å². The minimum Gasteiger partial charge on any atom is -0.397 e. The van der Waals surface area contributed by atoms with E-state index in [1.54, 1.807) is 25.1 Å². The number of amides is 2. The lowest BCUT2D eigenvalue weighted by Gasteiger charge is -2.25. The Balaban J connectivity index is 2.24. The van der Waals surface area contributed by atoms with Crippen LogP contribution < -0.4 is 16.0 Å². The fraction of sp³-hybridized carbons (Fsp3) is 0.429. The van der Waals surface area contributed by atoms with Gasteiger partial charge in [0.15, 0.2) is 0 Å². The molecule has 0 saturated heterocycles. The summed E-state index contributed by atoms with van der Waals surface area (Å²) in [5.74, 6) is 0.0266. The zero-order chi connectivity index (χ0) is 14.9. The van der Waals surface area contributed by atoms with E-state index in [4.69, 9.17) is 5.73 Å². The first kappa shape index (κ1) is 14.2. The molecule has 2 amide bonds. The highest BCUT2D eigenvalue weighted by molar-refractivity contribution is 5.96. The van der Waals surface area contributed by atoms with Gasteiger partial charge in [0.1, 0.15) is 0 Å². The normalized spacial score (nSPS) is 13.4. The molecule has 1 aliphatic rings.